The van der Waals surface area contributed by atoms with Crippen LogP contribution in [0.2, 0.25) is 0 Å². The third kappa shape index (κ3) is 4.04. The molecule has 0 unspecified atom stereocenters. The zero-order valence-corrected chi connectivity index (χ0v) is 15.6. The number of carbonyl (C=O) groups is 1. The molecule has 3 aromatic rings. The van der Waals surface area contributed by atoms with Crippen molar-refractivity contribution in [1.82, 2.24) is 24.6 Å². The fourth-order valence-corrected chi connectivity index (χ4v) is 3.35. The lowest BCUT2D eigenvalue weighted by Gasteiger charge is -2.32. The number of aryl methyl sites for hydroxylation is 1. The van der Waals surface area contributed by atoms with Gasteiger partial charge in [-0.15, -0.1) is 0 Å². The van der Waals surface area contributed by atoms with Crippen molar-refractivity contribution in [3.63, 3.8) is 0 Å². The summed E-state index contributed by atoms with van der Waals surface area (Å²) >= 11 is 0. The van der Waals surface area contributed by atoms with E-state index in [1.54, 1.807) is 10.9 Å². The molecule has 0 bridgehead atoms. The van der Waals surface area contributed by atoms with E-state index >= 15 is 0 Å². The van der Waals surface area contributed by atoms with E-state index in [-0.39, 0.29) is 18.2 Å². The SMILES string of the molecule is C[C@@H]1COCCN1CC(=O)Cc1ncc2ccc(-c3cnn(C)c3)cc2n1. The topological polar surface area (TPSA) is 73.1 Å². The van der Waals surface area contributed by atoms with Crippen molar-refractivity contribution in [3.05, 3.63) is 42.6 Å². The monoisotopic (exact) mass is 365 g/mol. The largest absolute Gasteiger partial charge is 0.379 e. The van der Waals surface area contributed by atoms with E-state index in [0.717, 1.165) is 28.6 Å². The maximum Gasteiger partial charge on any atom is 0.154 e. The second-order valence-electron chi connectivity index (χ2n) is 7.07. The third-order valence-corrected chi connectivity index (χ3v) is 4.91. The lowest BCUT2D eigenvalue weighted by molar-refractivity contribution is -0.121. The summed E-state index contributed by atoms with van der Waals surface area (Å²) in [4.78, 5) is 23.6. The van der Waals surface area contributed by atoms with Gasteiger partial charge in [-0.05, 0) is 18.6 Å². The molecule has 1 aromatic carbocycles. The number of morpholine rings is 1. The molecule has 0 radical (unpaired) electrons. The normalized spacial score (nSPS) is 18.1. The average Bonchev–Trinajstić information content (AvgIpc) is 3.09. The molecule has 1 fully saturated rings. The summed E-state index contributed by atoms with van der Waals surface area (Å²) < 4.78 is 7.20. The summed E-state index contributed by atoms with van der Waals surface area (Å²) in [6.45, 7) is 4.65. The Balaban J connectivity index is 1.51. The van der Waals surface area contributed by atoms with Gasteiger partial charge in [-0.2, -0.15) is 5.10 Å². The van der Waals surface area contributed by atoms with Gasteiger partial charge in [0, 0.05) is 43.0 Å². The van der Waals surface area contributed by atoms with Crippen LogP contribution in [0, 0.1) is 0 Å². The predicted octanol–water partition coefficient (Wildman–Crippen LogP) is 1.86. The summed E-state index contributed by atoms with van der Waals surface area (Å²) in [7, 11) is 1.89. The van der Waals surface area contributed by atoms with Crippen LogP contribution >= 0.6 is 0 Å². The Bertz CT molecular complexity index is 968. The number of hydrogen-bond donors (Lipinski definition) is 0. The Morgan fingerprint density at radius 1 is 1.30 bits per heavy atom. The maximum absolute atomic E-state index is 12.5. The Morgan fingerprint density at radius 2 is 2.19 bits per heavy atom. The molecule has 1 atom stereocenters. The fourth-order valence-electron chi connectivity index (χ4n) is 3.35. The number of fused-ring (bicyclic) bond motifs is 1. The van der Waals surface area contributed by atoms with Crippen molar-refractivity contribution in [3.8, 4) is 11.1 Å². The van der Waals surface area contributed by atoms with Crippen molar-refractivity contribution < 1.29 is 9.53 Å². The highest BCUT2D eigenvalue weighted by Crippen LogP contribution is 2.22. The Hall–Kier alpha value is -2.64. The Kier molecular flexibility index (Phi) is 4.96. The number of benzene rings is 1. The van der Waals surface area contributed by atoms with Crippen LogP contribution < -0.4 is 0 Å². The van der Waals surface area contributed by atoms with Crippen molar-refractivity contribution in [1.29, 1.82) is 0 Å². The smallest absolute Gasteiger partial charge is 0.154 e. The lowest BCUT2D eigenvalue weighted by atomic mass is 10.1. The van der Waals surface area contributed by atoms with Gasteiger partial charge in [-0.25, -0.2) is 9.97 Å². The molecule has 0 N–H and O–H groups in total. The van der Waals surface area contributed by atoms with Gasteiger partial charge < -0.3 is 4.74 Å². The summed E-state index contributed by atoms with van der Waals surface area (Å²) in [5, 5.41) is 5.18. The van der Waals surface area contributed by atoms with Gasteiger partial charge in [0.25, 0.3) is 0 Å². The summed E-state index contributed by atoms with van der Waals surface area (Å²) in [5.41, 5.74) is 2.93. The van der Waals surface area contributed by atoms with Crippen LogP contribution in [0.4, 0.5) is 0 Å². The first kappa shape index (κ1) is 17.8. The van der Waals surface area contributed by atoms with Gasteiger partial charge in [-0.3, -0.25) is 14.4 Å². The molecule has 0 aliphatic carbocycles. The van der Waals surface area contributed by atoms with E-state index in [4.69, 9.17) is 4.74 Å². The van der Waals surface area contributed by atoms with Gasteiger partial charge in [-0.1, -0.05) is 12.1 Å². The molecular formula is C20H23N5O2. The van der Waals surface area contributed by atoms with Crippen LogP contribution in [0.3, 0.4) is 0 Å². The first-order valence-corrected chi connectivity index (χ1v) is 9.17. The molecule has 2 aromatic heterocycles. The minimum atomic E-state index is 0.131. The molecule has 1 saturated heterocycles. The first-order valence-electron chi connectivity index (χ1n) is 9.17. The second kappa shape index (κ2) is 7.54. The first-order chi connectivity index (χ1) is 13.1. The lowest BCUT2D eigenvalue weighted by Crippen LogP contribution is -2.46. The Morgan fingerprint density at radius 3 is 2.96 bits per heavy atom. The summed E-state index contributed by atoms with van der Waals surface area (Å²) in [6, 6.07) is 6.32. The number of rotatable bonds is 5. The van der Waals surface area contributed by atoms with Gasteiger partial charge in [0.15, 0.2) is 5.78 Å². The van der Waals surface area contributed by atoms with Crippen LogP contribution in [0.1, 0.15) is 12.7 Å². The molecule has 7 nitrogen and oxygen atoms in total. The second-order valence-corrected chi connectivity index (χ2v) is 7.07. The van der Waals surface area contributed by atoms with Crippen molar-refractivity contribution in [2.45, 2.75) is 19.4 Å². The number of Topliss-reactive ketones (excluding diaryl/α,β-unsaturated/α-hetero) is 1. The molecule has 0 saturated carbocycles. The molecule has 1 aliphatic heterocycles. The van der Waals surface area contributed by atoms with E-state index in [0.29, 0.717) is 25.6 Å². The highest BCUT2D eigenvalue weighted by molar-refractivity contribution is 5.85. The number of carbonyl (C=O) groups excluding carboxylic acids is 1. The highest BCUT2D eigenvalue weighted by Gasteiger charge is 2.21. The van der Waals surface area contributed by atoms with E-state index in [1.807, 2.05) is 37.6 Å². The molecule has 0 spiro atoms. The number of aromatic nitrogens is 4. The molecule has 140 valence electrons. The van der Waals surface area contributed by atoms with Gasteiger partial charge in [0.2, 0.25) is 0 Å². The van der Waals surface area contributed by atoms with Crippen LogP contribution in [0.5, 0.6) is 0 Å². The third-order valence-electron chi connectivity index (χ3n) is 4.91. The number of nitrogens with zero attached hydrogens (tertiary/aromatic N) is 5. The van der Waals surface area contributed by atoms with Crippen LogP contribution in [0.25, 0.3) is 22.0 Å². The average molecular weight is 365 g/mol. The zero-order valence-electron chi connectivity index (χ0n) is 15.6. The van der Waals surface area contributed by atoms with Gasteiger partial charge >= 0.3 is 0 Å². The summed E-state index contributed by atoms with van der Waals surface area (Å²) in [5.74, 6) is 0.697. The molecule has 27 heavy (non-hydrogen) atoms. The molecular weight excluding hydrogens is 342 g/mol. The standard InChI is InChI=1S/C20H23N5O2/c1-14-13-27-6-5-25(14)12-18(26)8-20-21-9-16-4-3-15(7-19(16)23-20)17-10-22-24(2)11-17/h3-4,7,9-11,14H,5-6,8,12-13H2,1-2H3/t14-/m1/s1. The van der Waals surface area contributed by atoms with Crippen LogP contribution in [-0.4, -0.2) is 62.8 Å². The fraction of sp³-hybridized carbons (Fsp3) is 0.400. The van der Waals surface area contributed by atoms with E-state index < -0.39 is 0 Å². The quantitative estimate of drug-likeness (QED) is 0.687. The molecule has 7 heteroatoms. The molecule has 1 aliphatic rings. The van der Waals surface area contributed by atoms with Crippen LogP contribution in [0.15, 0.2) is 36.8 Å². The number of ketones is 1. The van der Waals surface area contributed by atoms with E-state index in [9.17, 15) is 4.79 Å². The van der Waals surface area contributed by atoms with E-state index in [1.165, 1.54) is 0 Å². The molecule has 4 rings (SSSR count). The van der Waals surface area contributed by atoms with Gasteiger partial charge in [0.05, 0.1) is 37.9 Å². The minimum absolute atomic E-state index is 0.131. The number of hydrogen-bond acceptors (Lipinski definition) is 6. The molecule has 3 heterocycles. The van der Waals surface area contributed by atoms with E-state index in [2.05, 4.69) is 26.9 Å². The van der Waals surface area contributed by atoms with Crippen molar-refractivity contribution in [2.75, 3.05) is 26.3 Å². The minimum Gasteiger partial charge on any atom is -0.379 e. The van der Waals surface area contributed by atoms with Gasteiger partial charge in [0.1, 0.15) is 5.82 Å². The Labute approximate surface area is 158 Å². The zero-order chi connectivity index (χ0) is 18.8. The molecule has 0 amide bonds. The van der Waals surface area contributed by atoms with Crippen molar-refractivity contribution >= 4 is 16.7 Å². The van der Waals surface area contributed by atoms with Crippen LogP contribution in [-0.2, 0) is 23.0 Å². The predicted molar refractivity (Wildman–Crippen MR) is 102 cm³/mol. The number of ether oxygens (including phenoxy) is 1. The maximum atomic E-state index is 12.5. The highest BCUT2D eigenvalue weighted by atomic mass is 16.5. The van der Waals surface area contributed by atoms with Crippen molar-refractivity contribution in [2.24, 2.45) is 7.05 Å². The summed E-state index contributed by atoms with van der Waals surface area (Å²) in [6.07, 6.45) is 5.83.